The van der Waals surface area contributed by atoms with E-state index in [1.54, 1.807) is 35.7 Å². The number of hydrogen-bond donors (Lipinski definition) is 0. The first-order valence-electron chi connectivity index (χ1n) is 6.69. The van der Waals surface area contributed by atoms with E-state index in [4.69, 9.17) is 9.47 Å². The van der Waals surface area contributed by atoms with Crippen molar-refractivity contribution in [3.63, 3.8) is 0 Å². The summed E-state index contributed by atoms with van der Waals surface area (Å²) in [7, 11) is 3.45. The van der Waals surface area contributed by atoms with Crippen molar-refractivity contribution in [2.24, 2.45) is 7.05 Å². The van der Waals surface area contributed by atoms with Gasteiger partial charge in [0.15, 0.2) is 5.82 Å². The van der Waals surface area contributed by atoms with Crippen LogP contribution in [0.3, 0.4) is 0 Å². The van der Waals surface area contributed by atoms with Crippen LogP contribution in [0.25, 0.3) is 11.5 Å². The summed E-state index contributed by atoms with van der Waals surface area (Å²) in [6.07, 6.45) is 3.45. The van der Waals surface area contributed by atoms with Gasteiger partial charge in [0.1, 0.15) is 5.69 Å². The Hall–Kier alpha value is -2.22. The molecule has 114 valence electrons. The molecule has 0 spiro atoms. The van der Waals surface area contributed by atoms with Crippen LogP contribution >= 0.6 is 0 Å². The lowest BCUT2D eigenvalue weighted by molar-refractivity contribution is 0.0520. The van der Waals surface area contributed by atoms with Crippen LogP contribution in [0.1, 0.15) is 30.4 Å². The molecule has 0 N–H and O–H groups in total. The Morgan fingerprint density at radius 1 is 1.48 bits per heavy atom. The largest absolute Gasteiger partial charge is 0.461 e. The highest BCUT2D eigenvalue weighted by atomic mass is 16.5. The van der Waals surface area contributed by atoms with Crippen molar-refractivity contribution in [3.8, 4) is 11.5 Å². The number of ether oxygens (including phenoxy) is 2. The molecule has 1 atom stereocenters. The molecule has 0 radical (unpaired) electrons. The molecule has 0 amide bonds. The van der Waals surface area contributed by atoms with Crippen LogP contribution in [0, 0.1) is 0 Å². The second kappa shape index (κ2) is 6.49. The lowest BCUT2D eigenvalue weighted by Gasteiger charge is -2.14. The zero-order valence-corrected chi connectivity index (χ0v) is 12.6. The van der Waals surface area contributed by atoms with Crippen LogP contribution in [0.4, 0.5) is 0 Å². The molecule has 1 unspecified atom stereocenters. The number of aromatic nitrogens is 5. The standard InChI is InChI=1S/C13H19N5O3/c1-5-21-13(19)10-11(12-14-6-7-17(12)3)18(16-15-10)9(2)8-20-4/h6-7,9H,5,8H2,1-4H3. The smallest absolute Gasteiger partial charge is 0.361 e. The van der Waals surface area contributed by atoms with Gasteiger partial charge >= 0.3 is 5.97 Å². The van der Waals surface area contributed by atoms with E-state index in [0.29, 0.717) is 18.1 Å². The van der Waals surface area contributed by atoms with E-state index in [1.807, 2.05) is 14.0 Å². The second-order valence-corrected chi connectivity index (χ2v) is 4.62. The Bertz CT molecular complexity index is 619. The Morgan fingerprint density at radius 2 is 2.24 bits per heavy atom. The van der Waals surface area contributed by atoms with Gasteiger partial charge in [-0.2, -0.15) is 0 Å². The van der Waals surface area contributed by atoms with Gasteiger partial charge in [-0.15, -0.1) is 5.10 Å². The van der Waals surface area contributed by atoms with Crippen molar-refractivity contribution in [1.82, 2.24) is 24.5 Å². The van der Waals surface area contributed by atoms with E-state index in [9.17, 15) is 4.79 Å². The molecule has 2 aromatic rings. The van der Waals surface area contributed by atoms with Gasteiger partial charge in [-0.25, -0.2) is 14.5 Å². The Labute approximate surface area is 122 Å². The summed E-state index contributed by atoms with van der Waals surface area (Å²) in [5, 5.41) is 8.03. The third kappa shape index (κ3) is 2.94. The maximum atomic E-state index is 12.1. The minimum absolute atomic E-state index is 0.0858. The van der Waals surface area contributed by atoms with Crippen molar-refractivity contribution in [1.29, 1.82) is 0 Å². The van der Waals surface area contributed by atoms with E-state index in [-0.39, 0.29) is 18.3 Å². The summed E-state index contributed by atoms with van der Waals surface area (Å²) >= 11 is 0. The van der Waals surface area contributed by atoms with Gasteiger partial charge < -0.3 is 14.0 Å². The third-order valence-corrected chi connectivity index (χ3v) is 3.02. The number of methoxy groups -OCH3 is 1. The van der Waals surface area contributed by atoms with Crippen molar-refractivity contribution in [2.45, 2.75) is 19.9 Å². The number of rotatable bonds is 6. The van der Waals surface area contributed by atoms with E-state index in [1.165, 1.54) is 0 Å². The Morgan fingerprint density at radius 3 is 2.81 bits per heavy atom. The maximum absolute atomic E-state index is 12.1. The van der Waals surface area contributed by atoms with Crippen LogP contribution in [0.2, 0.25) is 0 Å². The molecule has 0 aliphatic rings. The van der Waals surface area contributed by atoms with Gasteiger partial charge in [-0.05, 0) is 13.8 Å². The number of hydrogen-bond acceptors (Lipinski definition) is 6. The zero-order chi connectivity index (χ0) is 15.4. The minimum Gasteiger partial charge on any atom is -0.461 e. The van der Waals surface area contributed by atoms with Gasteiger partial charge in [0.2, 0.25) is 5.69 Å². The number of esters is 1. The number of carbonyl (C=O) groups excluding carboxylic acids is 1. The van der Waals surface area contributed by atoms with Crippen molar-refractivity contribution in [3.05, 3.63) is 18.1 Å². The predicted molar refractivity (Wildman–Crippen MR) is 74.8 cm³/mol. The van der Waals surface area contributed by atoms with Gasteiger partial charge in [0.25, 0.3) is 0 Å². The first kappa shape index (κ1) is 15.2. The zero-order valence-electron chi connectivity index (χ0n) is 12.6. The molecule has 2 aromatic heterocycles. The lowest BCUT2D eigenvalue weighted by atomic mass is 10.2. The number of carbonyl (C=O) groups is 1. The highest BCUT2D eigenvalue weighted by molar-refractivity contribution is 5.93. The molecule has 21 heavy (non-hydrogen) atoms. The molecule has 0 fully saturated rings. The second-order valence-electron chi connectivity index (χ2n) is 4.62. The fourth-order valence-electron chi connectivity index (χ4n) is 2.05. The Balaban J connectivity index is 2.53. The third-order valence-electron chi connectivity index (χ3n) is 3.02. The molecular weight excluding hydrogens is 274 g/mol. The monoisotopic (exact) mass is 293 g/mol. The molecular formula is C13H19N5O3. The van der Waals surface area contributed by atoms with Crippen LogP contribution in [-0.4, -0.2) is 50.8 Å². The Kier molecular flexibility index (Phi) is 4.69. The first-order valence-corrected chi connectivity index (χ1v) is 6.69. The van der Waals surface area contributed by atoms with Gasteiger partial charge in [0.05, 0.1) is 19.3 Å². The highest BCUT2D eigenvalue weighted by Crippen LogP contribution is 2.24. The summed E-state index contributed by atoms with van der Waals surface area (Å²) in [5.74, 6) is 0.0948. The number of aryl methyl sites for hydroxylation is 1. The molecule has 2 rings (SSSR count). The quantitative estimate of drug-likeness (QED) is 0.741. The van der Waals surface area contributed by atoms with Gasteiger partial charge in [-0.3, -0.25) is 0 Å². The summed E-state index contributed by atoms with van der Waals surface area (Å²) < 4.78 is 13.6. The SMILES string of the molecule is CCOC(=O)c1nnn(C(C)COC)c1-c1nccn1C. The molecule has 0 saturated heterocycles. The maximum Gasteiger partial charge on any atom is 0.361 e. The van der Waals surface area contributed by atoms with Crippen molar-refractivity contribution in [2.75, 3.05) is 20.3 Å². The van der Waals surface area contributed by atoms with E-state index in [2.05, 4.69) is 15.3 Å². The fourth-order valence-corrected chi connectivity index (χ4v) is 2.05. The fraction of sp³-hybridized carbons (Fsp3) is 0.538. The summed E-state index contributed by atoms with van der Waals surface area (Å²) in [6.45, 7) is 4.40. The van der Waals surface area contributed by atoms with E-state index in [0.717, 1.165) is 0 Å². The molecule has 2 heterocycles. The molecule has 0 bridgehead atoms. The van der Waals surface area contributed by atoms with Crippen LogP contribution in [-0.2, 0) is 16.5 Å². The van der Waals surface area contributed by atoms with Crippen LogP contribution in [0.15, 0.2) is 12.4 Å². The molecule has 0 aliphatic carbocycles. The van der Waals surface area contributed by atoms with Gasteiger partial charge in [-0.1, -0.05) is 5.21 Å². The minimum atomic E-state index is -0.508. The summed E-state index contributed by atoms with van der Waals surface area (Å²) in [4.78, 5) is 16.3. The summed E-state index contributed by atoms with van der Waals surface area (Å²) in [5.41, 5.74) is 0.694. The van der Waals surface area contributed by atoms with E-state index < -0.39 is 5.97 Å². The van der Waals surface area contributed by atoms with Crippen molar-refractivity contribution >= 4 is 5.97 Å². The van der Waals surface area contributed by atoms with Gasteiger partial charge in [0, 0.05) is 26.6 Å². The number of nitrogens with zero attached hydrogens (tertiary/aromatic N) is 5. The molecule has 0 aliphatic heterocycles. The predicted octanol–water partition coefficient (Wildman–Crippen LogP) is 1.06. The molecule has 8 heteroatoms. The lowest BCUT2D eigenvalue weighted by Crippen LogP contribution is -2.16. The topological polar surface area (TPSA) is 84.1 Å². The number of imidazole rings is 1. The van der Waals surface area contributed by atoms with Crippen LogP contribution < -0.4 is 0 Å². The van der Waals surface area contributed by atoms with E-state index >= 15 is 0 Å². The first-order chi connectivity index (χ1) is 10.1. The highest BCUT2D eigenvalue weighted by Gasteiger charge is 2.26. The summed E-state index contributed by atoms with van der Waals surface area (Å²) in [6, 6.07) is -0.0858. The molecule has 0 aromatic carbocycles. The average molecular weight is 293 g/mol. The van der Waals surface area contributed by atoms with Crippen LogP contribution in [0.5, 0.6) is 0 Å². The molecule has 8 nitrogen and oxygen atoms in total. The van der Waals surface area contributed by atoms with Crippen molar-refractivity contribution < 1.29 is 14.3 Å². The average Bonchev–Trinajstić information content (AvgIpc) is 3.04. The normalized spacial score (nSPS) is 12.4. The molecule has 0 saturated carbocycles.